The van der Waals surface area contributed by atoms with Crippen LogP contribution < -0.4 is 4.90 Å². The standard InChI is InChI=1S/C40H23N3S/c1-2-13-25-24(11-1)12-9-17-28(25)38-29-16-3-6-19-33(29)41-40(42-38)43-34-20-7-4-14-26(34)31-23-32-27-15-5-8-22-36(27)44-39(32)30-18-10-21-35(43)37(30)31/h1-23H. The summed E-state index contributed by atoms with van der Waals surface area (Å²) in [7, 11) is 0. The van der Waals surface area contributed by atoms with Crippen molar-refractivity contribution in [1.29, 1.82) is 0 Å². The van der Waals surface area contributed by atoms with Crippen LogP contribution >= 0.6 is 11.3 Å². The zero-order chi connectivity index (χ0) is 28.8. The molecule has 1 aliphatic heterocycles. The fourth-order valence-corrected chi connectivity index (χ4v) is 8.29. The predicted molar refractivity (Wildman–Crippen MR) is 187 cm³/mol. The summed E-state index contributed by atoms with van der Waals surface area (Å²) in [6.45, 7) is 0. The van der Waals surface area contributed by atoms with E-state index in [1.807, 2.05) is 11.3 Å². The number of fused-ring (bicyclic) bond motifs is 8. The molecular weight excluding hydrogens is 555 g/mol. The molecule has 0 radical (unpaired) electrons. The third kappa shape index (κ3) is 3.26. The molecule has 0 amide bonds. The minimum atomic E-state index is 0.675. The van der Waals surface area contributed by atoms with Crippen molar-refractivity contribution in [2.24, 2.45) is 0 Å². The Balaban J connectivity index is 1.31. The highest BCUT2D eigenvalue weighted by atomic mass is 32.1. The van der Waals surface area contributed by atoms with Crippen molar-refractivity contribution in [3.05, 3.63) is 140 Å². The van der Waals surface area contributed by atoms with Crippen LogP contribution in [0, 0.1) is 0 Å². The number of hydrogen-bond donors (Lipinski definition) is 0. The predicted octanol–water partition coefficient (Wildman–Crippen LogP) is 11.4. The van der Waals surface area contributed by atoms with Crippen molar-refractivity contribution in [1.82, 2.24) is 9.97 Å². The molecule has 204 valence electrons. The average molecular weight is 578 g/mol. The van der Waals surface area contributed by atoms with Crippen molar-refractivity contribution in [3.63, 3.8) is 0 Å². The van der Waals surface area contributed by atoms with Gasteiger partial charge in [-0.2, -0.15) is 0 Å². The second-order valence-corrected chi connectivity index (χ2v) is 12.4. The van der Waals surface area contributed by atoms with Crippen molar-refractivity contribution in [3.8, 4) is 22.4 Å². The normalized spacial score (nSPS) is 12.5. The van der Waals surface area contributed by atoms with Gasteiger partial charge in [-0.25, -0.2) is 9.97 Å². The number of thiophene rings is 1. The summed E-state index contributed by atoms with van der Waals surface area (Å²) in [6.07, 6.45) is 0. The second kappa shape index (κ2) is 8.96. The lowest BCUT2D eigenvalue weighted by Crippen LogP contribution is -2.18. The van der Waals surface area contributed by atoms with E-state index >= 15 is 0 Å². The van der Waals surface area contributed by atoms with E-state index in [4.69, 9.17) is 9.97 Å². The van der Waals surface area contributed by atoms with Gasteiger partial charge in [0.2, 0.25) is 5.95 Å². The summed E-state index contributed by atoms with van der Waals surface area (Å²) < 4.78 is 2.63. The van der Waals surface area contributed by atoms with Gasteiger partial charge in [0, 0.05) is 47.5 Å². The Bertz CT molecular complexity index is 2630. The molecule has 44 heavy (non-hydrogen) atoms. The first-order valence-electron chi connectivity index (χ1n) is 14.8. The van der Waals surface area contributed by atoms with Crippen molar-refractivity contribution < 1.29 is 0 Å². The number of aromatic nitrogens is 2. The smallest absolute Gasteiger partial charge is 0.235 e. The molecule has 0 fully saturated rings. The van der Waals surface area contributed by atoms with Crippen LogP contribution in [0.4, 0.5) is 17.3 Å². The molecule has 0 aliphatic carbocycles. The average Bonchev–Trinajstić information content (AvgIpc) is 3.47. The van der Waals surface area contributed by atoms with Crippen LogP contribution in [-0.4, -0.2) is 9.97 Å². The van der Waals surface area contributed by atoms with E-state index in [2.05, 4.69) is 144 Å². The van der Waals surface area contributed by atoms with E-state index < -0.39 is 0 Å². The van der Waals surface area contributed by atoms with Gasteiger partial charge in [0.25, 0.3) is 0 Å². The maximum Gasteiger partial charge on any atom is 0.235 e. The molecule has 0 saturated heterocycles. The summed E-state index contributed by atoms with van der Waals surface area (Å²) in [5, 5.41) is 8.57. The first kappa shape index (κ1) is 23.9. The van der Waals surface area contributed by atoms with Crippen LogP contribution in [0.3, 0.4) is 0 Å². The molecule has 0 spiro atoms. The van der Waals surface area contributed by atoms with E-state index in [-0.39, 0.29) is 0 Å². The van der Waals surface area contributed by atoms with Gasteiger partial charge in [0.1, 0.15) is 0 Å². The van der Waals surface area contributed by atoms with Gasteiger partial charge in [-0.3, -0.25) is 4.90 Å². The van der Waals surface area contributed by atoms with Crippen LogP contribution in [0.5, 0.6) is 0 Å². The summed E-state index contributed by atoms with van der Waals surface area (Å²) in [5.74, 6) is 0.675. The lowest BCUT2D eigenvalue weighted by molar-refractivity contribution is 1.11. The van der Waals surface area contributed by atoms with Crippen LogP contribution in [0.1, 0.15) is 0 Å². The van der Waals surface area contributed by atoms with Gasteiger partial charge < -0.3 is 0 Å². The molecule has 10 rings (SSSR count). The molecule has 0 saturated carbocycles. The quantitative estimate of drug-likeness (QED) is 0.205. The maximum atomic E-state index is 5.42. The SMILES string of the molecule is c1ccc2c(c1)-c1cc3c4ccccc4sc3c3cccc(c13)N2c1nc(-c2cccc3ccccc23)c2ccccc2n1. The molecule has 3 heterocycles. The second-order valence-electron chi connectivity index (χ2n) is 11.4. The number of para-hydroxylation sites is 2. The van der Waals surface area contributed by atoms with E-state index in [1.165, 1.54) is 52.8 Å². The lowest BCUT2D eigenvalue weighted by Gasteiger charge is -2.32. The van der Waals surface area contributed by atoms with E-state index in [1.54, 1.807) is 0 Å². The summed E-state index contributed by atoms with van der Waals surface area (Å²) in [5.41, 5.74) is 7.62. The molecule has 1 aliphatic rings. The molecular formula is C40H23N3S. The summed E-state index contributed by atoms with van der Waals surface area (Å²) >= 11 is 1.87. The van der Waals surface area contributed by atoms with E-state index in [0.29, 0.717) is 5.95 Å². The first-order valence-corrected chi connectivity index (χ1v) is 15.7. The molecule has 0 atom stereocenters. The van der Waals surface area contributed by atoms with Crippen LogP contribution in [0.2, 0.25) is 0 Å². The van der Waals surface area contributed by atoms with Crippen molar-refractivity contribution in [2.45, 2.75) is 0 Å². The van der Waals surface area contributed by atoms with Gasteiger partial charge in [-0.1, -0.05) is 109 Å². The first-order chi connectivity index (χ1) is 21.8. The van der Waals surface area contributed by atoms with Gasteiger partial charge in [0.05, 0.1) is 22.6 Å². The molecule has 0 bridgehead atoms. The van der Waals surface area contributed by atoms with Crippen molar-refractivity contribution in [2.75, 3.05) is 4.90 Å². The Morgan fingerprint density at radius 2 is 1.16 bits per heavy atom. The number of hydrogen-bond acceptors (Lipinski definition) is 4. The zero-order valence-corrected chi connectivity index (χ0v) is 24.3. The number of benzene rings is 7. The Morgan fingerprint density at radius 3 is 2.11 bits per heavy atom. The van der Waals surface area contributed by atoms with Crippen LogP contribution in [0.25, 0.3) is 75.0 Å². The largest absolute Gasteiger partial charge is 0.278 e. The highest BCUT2D eigenvalue weighted by Crippen LogP contribution is 2.53. The Morgan fingerprint density at radius 1 is 0.477 bits per heavy atom. The molecule has 7 aromatic carbocycles. The third-order valence-electron chi connectivity index (χ3n) is 8.99. The Labute approximate surface area is 257 Å². The number of anilines is 3. The van der Waals surface area contributed by atoms with Crippen molar-refractivity contribution >= 4 is 81.3 Å². The van der Waals surface area contributed by atoms with Gasteiger partial charge >= 0.3 is 0 Å². The summed E-state index contributed by atoms with van der Waals surface area (Å²) in [6, 6.07) is 49.9. The highest BCUT2D eigenvalue weighted by molar-refractivity contribution is 7.26. The minimum Gasteiger partial charge on any atom is -0.278 e. The lowest BCUT2D eigenvalue weighted by atomic mass is 9.90. The van der Waals surface area contributed by atoms with Crippen LogP contribution in [0.15, 0.2) is 140 Å². The van der Waals surface area contributed by atoms with E-state index in [9.17, 15) is 0 Å². The fraction of sp³-hybridized carbons (Fsp3) is 0. The number of rotatable bonds is 2. The fourth-order valence-electron chi connectivity index (χ4n) is 7.08. The minimum absolute atomic E-state index is 0.675. The highest BCUT2D eigenvalue weighted by Gasteiger charge is 2.29. The molecule has 2 aromatic heterocycles. The molecule has 0 N–H and O–H groups in total. The van der Waals surface area contributed by atoms with Crippen LogP contribution in [-0.2, 0) is 0 Å². The monoisotopic (exact) mass is 577 g/mol. The Hall–Kier alpha value is -5.58. The van der Waals surface area contributed by atoms with E-state index in [0.717, 1.165) is 33.5 Å². The third-order valence-corrected chi connectivity index (χ3v) is 10.2. The van der Waals surface area contributed by atoms with Gasteiger partial charge in [0.15, 0.2) is 0 Å². The number of nitrogens with zero attached hydrogens (tertiary/aromatic N) is 3. The molecule has 3 nitrogen and oxygen atoms in total. The zero-order valence-electron chi connectivity index (χ0n) is 23.5. The molecule has 4 heteroatoms. The van der Waals surface area contributed by atoms with Gasteiger partial charge in [-0.05, 0) is 46.7 Å². The maximum absolute atomic E-state index is 5.42. The topological polar surface area (TPSA) is 29.0 Å². The molecule has 9 aromatic rings. The summed E-state index contributed by atoms with van der Waals surface area (Å²) in [4.78, 5) is 12.9. The molecule has 0 unspecified atom stereocenters. The Kier molecular flexibility index (Phi) is 4.87. The van der Waals surface area contributed by atoms with Gasteiger partial charge in [-0.15, -0.1) is 11.3 Å².